The maximum absolute atomic E-state index is 10.8. The van der Waals surface area contributed by atoms with Gasteiger partial charge in [0.15, 0.2) is 17.4 Å². The van der Waals surface area contributed by atoms with Crippen molar-refractivity contribution in [1.29, 1.82) is 0 Å². The summed E-state index contributed by atoms with van der Waals surface area (Å²) < 4.78 is 30.5. The predicted octanol–water partition coefficient (Wildman–Crippen LogP) is -0.656. The standard InChI is InChI=1S/C9H10N6O3S/c10-8-7(9(11)15-14-8)13-12-5-1-3-6(4-2-5)19(16,17)18/h1-4,12H,(H,16,17,18)(H4,10,11,13,14,15). The quantitative estimate of drug-likeness (QED) is 0.426. The number of anilines is 1. The molecule has 0 atom stereocenters. The number of hydrazone groups is 1. The number of amidine groups is 2. The van der Waals surface area contributed by atoms with Gasteiger partial charge >= 0.3 is 0 Å². The first kappa shape index (κ1) is 13.0. The minimum atomic E-state index is -4.21. The van der Waals surface area contributed by atoms with Crippen molar-refractivity contribution in [2.75, 3.05) is 5.43 Å². The zero-order valence-corrected chi connectivity index (χ0v) is 10.3. The average molecular weight is 282 g/mol. The highest BCUT2D eigenvalue weighted by atomic mass is 32.2. The topological polar surface area (TPSA) is 156 Å². The second-order valence-electron chi connectivity index (χ2n) is 3.54. The number of hydrogen-bond acceptors (Lipinski definition) is 8. The van der Waals surface area contributed by atoms with Gasteiger partial charge in [-0.2, -0.15) is 13.5 Å². The van der Waals surface area contributed by atoms with Crippen molar-refractivity contribution >= 4 is 33.2 Å². The second-order valence-corrected chi connectivity index (χ2v) is 4.96. The van der Waals surface area contributed by atoms with Gasteiger partial charge in [-0.3, -0.25) is 9.98 Å². The minimum Gasteiger partial charge on any atom is -0.380 e. The number of benzene rings is 1. The Hall–Kier alpha value is -2.46. The Morgan fingerprint density at radius 3 is 2.11 bits per heavy atom. The molecule has 0 aliphatic carbocycles. The molecule has 1 aromatic rings. The lowest BCUT2D eigenvalue weighted by Crippen LogP contribution is -2.32. The molecule has 100 valence electrons. The highest BCUT2D eigenvalue weighted by Gasteiger charge is 2.16. The lowest BCUT2D eigenvalue weighted by molar-refractivity contribution is 0.483. The molecular formula is C9H10N6O3S. The minimum absolute atomic E-state index is 0.0829. The van der Waals surface area contributed by atoms with Crippen molar-refractivity contribution in [3.05, 3.63) is 24.3 Å². The van der Waals surface area contributed by atoms with E-state index in [1.165, 1.54) is 24.3 Å². The fourth-order valence-electron chi connectivity index (χ4n) is 1.27. The molecule has 0 amide bonds. The van der Waals surface area contributed by atoms with Crippen LogP contribution in [0.4, 0.5) is 5.69 Å². The molecule has 0 spiro atoms. The molecule has 0 saturated carbocycles. The maximum atomic E-state index is 10.8. The number of nitrogens with two attached hydrogens (primary N) is 2. The zero-order valence-electron chi connectivity index (χ0n) is 9.48. The van der Waals surface area contributed by atoms with Crippen molar-refractivity contribution in [2.45, 2.75) is 4.90 Å². The van der Waals surface area contributed by atoms with Gasteiger partial charge in [-0.25, -0.2) is 0 Å². The van der Waals surface area contributed by atoms with Gasteiger partial charge < -0.3 is 11.5 Å². The molecule has 10 heteroatoms. The molecule has 19 heavy (non-hydrogen) atoms. The largest absolute Gasteiger partial charge is 0.380 e. The van der Waals surface area contributed by atoms with Crippen LogP contribution in [-0.2, 0) is 10.1 Å². The third kappa shape index (κ3) is 2.86. The van der Waals surface area contributed by atoms with E-state index in [0.29, 0.717) is 5.69 Å². The Bertz CT molecular complexity index is 669. The van der Waals surface area contributed by atoms with Crippen LogP contribution >= 0.6 is 0 Å². The molecule has 0 fully saturated rings. The predicted molar refractivity (Wildman–Crippen MR) is 70.6 cm³/mol. The first-order valence-electron chi connectivity index (χ1n) is 4.96. The Kier molecular flexibility index (Phi) is 3.19. The molecular weight excluding hydrogens is 272 g/mol. The van der Waals surface area contributed by atoms with Crippen molar-refractivity contribution in [3.8, 4) is 0 Å². The van der Waals surface area contributed by atoms with Crippen LogP contribution in [0.3, 0.4) is 0 Å². The summed E-state index contributed by atoms with van der Waals surface area (Å²) in [7, 11) is -4.21. The Morgan fingerprint density at radius 2 is 1.63 bits per heavy atom. The lowest BCUT2D eigenvalue weighted by atomic mass is 10.3. The fraction of sp³-hybridized carbons (Fsp3) is 0. The number of rotatable bonds is 3. The summed E-state index contributed by atoms with van der Waals surface area (Å²) in [5.41, 5.74) is 14.3. The average Bonchev–Trinajstić information content (AvgIpc) is 2.66. The van der Waals surface area contributed by atoms with E-state index in [-0.39, 0.29) is 22.3 Å². The smallest absolute Gasteiger partial charge is 0.294 e. The highest BCUT2D eigenvalue weighted by Crippen LogP contribution is 2.13. The van der Waals surface area contributed by atoms with E-state index in [9.17, 15) is 8.42 Å². The van der Waals surface area contributed by atoms with Crippen LogP contribution in [0.25, 0.3) is 0 Å². The van der Waals surface area contributed by atoms with E-state index >= 15 is 0 Å². The van der Waals surface area contributed by atoms with Gasteiger partial charge in [0, 0.05) is 0 Å². The van der Waals surface area contributed by atoms with E-state index < -0.39 is 10.1 Å². The van der Waals surface area contributed by atoms with Crippen molar-refractivity contribution in [2.24, 2.45) is 26.8 Å². The third-order valence-electron chi connectivity index (χ3n) is 2.20. The van der Waals surface area contributed by atoms with Gasteiger partial charge in [-0.15, -0.1) is 10.2 Å². The van der Waals surface area contributed by atoms with E-state index in [4.69, 9.17) is 16.0 Å². The van der Waals surface area contributed by atoms with Gasteiger partial charge in [0.05, 0.1) is 10.6 Å². The van der Waals surface area contributed by atoms with E-state index in [1.54, 1.807) is 0 Å². The SMILES string of the molecule is NC1=NN=C(N)C1=NNc1ccc(S(=O)(=O)O)cc1. The Labute approximate surface area is 108 Å². The van der Waals surface area contributed by atoms with E-state index in [0.717, 1.165) is 0 Å². The van der Waals surface area contributed by atoms with E-state index in [2.05, 4.69) is 20.7 Å². The lowest BCUT2D eigenvalue weighted by Gasteiger charge is -2.03. The van der Waals surface area contributed by atoms with Gasteiger partial charge in [0.25, 0.3) is 10.1 Å². The first-order valence-corrected chi connectivity index (χ1v) is 6.40. The summed E-state index contributed by atoms with van der Waals surface area (Å²) in [4.78, 5) is -0.214. The molecule has 0 radical (unpaired) electrons. The summed E-state index contributed by atoms with van der Waals surface area (Å²) in [6.45, 7) is 0. The Morgan fingerprint density at radius 1 is 1.11 bits per heavy atom. The molecule has 1 heterocycles. The molecule has 1 aliphatic rings. The van der Waals surface area contributed by atoms with Crippen LogP contribution in [0.5, 0.6) is 0 Å². The normalized spacial score (nSPS) is 14.9. The molecule has 2 rings (SSSR count). The van der Waals surface area contributed by atoms with Crippen molar-refractivity contribution < 1.29 is 13.0 Å². The number of hydrogen-bond donors (Lipinski definition) is 4. The highest BCUT2D eigenvalue weighted by molar-refractivity contribution is 7.85. The summed E-state index contributed by atoms with van der Waals surface area (Å²) in [5.74, 6) is 0.166. The van der Waals surface area contributed by atoms with Gasteiger partial charge in [0.1, 0.15) is 0 Å². The van der Waals surface area contributed by atoms with Crippen LogP contribution < -0.4 is 16.9 Å². The van der Waals surface area contributed by atoms with Crippen molar-refractivity contribution in [1.82, 2.24) is 0 Å². The van der Waals surface area contributed by atoms with Gasteiger partial charge in [-0.1, -0.05) is 0 Å². The zero-order chi connectivity index (χ0) is 14.0. The third-order valence-corrected chi connectivity index (χ3v) is 3.07. The molecule has 1 aromatic carbocycles. The van der Waals surface area contributed by atoms with Crippen LogP contribution in [0.2, 0.25) is 0 Å². The molecule has 0 unspecified atom stereocenters. The van der Waals surface area contributed by atoms with Crippen molar-refractivity contribution in [3.63, 3.8) is 0 Å². The van der Waals surface area contributed by atoms with Crippen LogP contribution in [0, 0.1) is 0 Å². The maximum Gasteiger partial charge on any atom is 0.294 e. The summed E-state index contributed by atoms with van der Waals surface area (Å²) in [6, 6.07) is 5.29. The van der Waals surface area contributed by atoms with Crippen LogP contribution in [0.1, 0.15) is 0 Å². The first-order chi connectivity index (χ1) is 8.88. The fourth-order valence-corrected chi connectivity index (χ4v) is 1.75. The molecule has 0 aromatic heterocycles. The molecule has 9 nitrogen and oxygen atoms in total. The molecule has 0 saturated heterocycles. The second kappa shape index (κ2) is 4.66. The summed E-state index contributed by atoms with van der Waals surface area (Å²) in [5, 5.41) is 11.0. The van der Waals surface area contributed by atoms with Gasteiger partial charge in [0.2, 0.25) is 0 Å². The Balaban J connectivity index is 2.16. The number of nitrogens with zero attached hydrogens (tertiary/aromatic N) is 3. The summed E-state index contributed by atoms with van der Waals surface area (Å²) in [6.07, 6.45) is 0. The van der Waals surface area contributed by atoms with Crippen LogP contribution in [-0.4, -0.2) is 30.4 Å². The molecule has 0 bridgehead atoms. The monoisotopic (exact) mass is 282 g/mol. The molecule has 6 N–H and O–H groups in total. The number of nitrogens with one attached hydrogen (secondary N) is 1. The van der Waals surface area contributed by atoms with E-state index in [1.807, 2.05) is 0 Å². The molecule has 1 aliphatic heterocycles. The van der Waals surface area contributed by atoms with Gasteiger partial charge in [-0.05, 0) is 24.3 Å². The summed E-state index contributed by atoms with van der Waals surface area (Å²) >= 11 is 0. The van der Waals surface area contributed by atoms with Crippen LogP contribution in [0.15, 0.2) is 44.5 Å².